The standard InChI is InChI=1S/C20H28O2/c1-19-11-4-3-5-13(19)6-7-14-15-8-9-17(18(21)22)20(15,2)12-10-16(14)19/h8-9,13-14,16H,3-7,10-12H2,1-2H3,(H,21,22)/t13?,14-,16-,19-,20-/m0/s1. The zero-order chi connectivity index (χ0) is 15.5. The van der Waals surface area contributed by atoms with E-state index in [1.54, 1.807) is 0 Å². The van der Waals surface area contributed by atoms with Crippen molar-refractivity contribution in [2.75, 3.05) is 0 Å². The fraction of sp³-hybridized carbons (Fsp3) is 0.750. The molecule has 0 radical (unpaired) electrons. The van der Waals surface area contributed by atoms with Gasteiger partial charge in [0, 0.05) is 11.0 Å². The van der Waals surface area contributed by atoms with Crippen LogP contribution in [0.4, 0.5) is 0 Å². The summed E-state index contributed by atoms with van der Waals surface area (Å²) >= 11 is 0. The number of carboxylic acid groups (broad SMARTS) is 1. The lowest BCUT2D eigenvalue weighted by molar-refractivity contribution is -0.134. The molecule has 120 valence electrons. The molecule has 0 bridgehead atoms. The molecule has 2 nitrogen and oxygen atoms in total. The normalized spacial score (nSPS) is 46.9. The van der Waals surface area contributed by atoms with Gasteiger partial charge in [0.1, 0.15) is 0 Å². The first kappa shape index (κ1) is 14.5. The summed E-state index contributed by atoms with van der Waals surface area (Å²) in [7, 11) is 0. The van der Waals surface area contributed by atoms with Crippen LogP contribution in [-0.4, -0.2) is 11.1 Å². The first-order valence-corrected chi connectivity index (χ1v) is 9.13. The molecule has 5 atom stereocenters. The van der Waals surface area contributed by atoms with E-state index in [2.05, 4.69) is 19.9 Å². The largest absolute Gasteiger partial charge is 0.478 e. The summed E-state index contributed by atoms with van der Waals surface area (Å²) in [6, 6.07) is 0. The van der Waals surface area contributed by atoms with Crippen molar-refractivity contribution in [2.24, 2.45) is 28.6 Å². The summed E-state index contributed by atoms with van der Waals surface area (Å²) in [4.78, 5) is 11.6. The minimum atomic E-state index is -0.718. The molecule has 0 aromatic carbocycles. The van der Waals surface area contributed by atoms with Crippen molar-refractivity contribution >= 4 is 5.97 Å². The van der Waals surface area contributed by atoms with Crippen molar-refractivity contribution in [2.45, 2.75) is 65.2 Å². The maximum Gasteiger partial charge on any atom is 0.332 e. The highest BCUT2D eigenvalue weighted by molar-refractivity contribution is 5.90. The van der Waals surface area contributed by atoms with Crippen LogP contribution in [0.5, 0.6) is 0 Å². The smallest absolute Gasteiger partial charge is 0.332 e. The van der Waals surface area contributed by atoms with Crippen molar-refractivity contribution in [1.29, 1.82) is 0 Å². The van der Waals surface area contributed by atoms with Gasteiger partial charge < -0.3 is 5.11 Å². The molecule has 0 saturated heterocycles. The number of carbonyl (C=O) groups is 1. The number of allylic oxidation sites excluding steroid dienone is 3. The fourth-order valence-electron chi connectivity index (χ4n) is 6.60. The molecular formula is C20H28O2. The number of aliphatic carboxylic acids is 1. The Morgan fingerprint density at radius 3 is 2.68 bits per heavy atom. The molecule has 4 rings (SSSR count). The zero-order valence-electron chi connectivity index (χ0n) is 13.9. The first-order valence-electron chi connectivity index (χ1n) is 9.13. The zero-order valence-corrected chi connectivity index (χ0v) is 13.9. The van der Waals surface area contributed by atoms with Crippen LogP contribution in [0.25, 0.3) is 0 Å². The van der Waals surface area contributed by atoms with Gasteiger partial charge in [-0.05, 0) is 61.7 Å². The monoisotopic (exact) mass is 300 g/mol. The summed E-state index contributed by atoms with van der Waals surface area (Å²) in [5.41, 5.74) is 2.41. The van der Waals surface area contributed by atoms with E-state index in [-0.39, 0.29) is 5.41 Å². The van der Waals surface area contributed by atoms with Gasteiger partial charge in [0.15, 0.2) is 0 Å². The highest BCUT2D eigenvalue weighted by atomic mass is 16.4. The van der Waals surface area contributed by atoms with Crippen LogP contribution in [0.1, 0.15) is 65.2 Å². The van der Waals surface area contributed by atoms with E-state index < -0.39 is 5.97 Å². The summed E-state index contributed by atoms with van der Waals surface area (Å²) in [6.07, 6.45) is 14.6. The molecule has 0 spiro atoms. The van der Waals surface area contributed by atoms with Gasteiger partial charge in [-0.15, -0.1) is 0 Å². The van der Waals surface area contributed by atoms with Crippen LogP contribution in [0.3, 0.4) is 0 Å². The van der Waals surface area contributed by atoms with E-state index in [4.69, 9.17) is 0 Å². The Bertz CT molecular complexity index is 572. The lowest BCUT2D eigenvalue weighted by Crippen LogP contribution is -2.50. The second kappa shape index (κ2) is 4.72. The van der Waals surface area contributed by atoms with E-state index in [1.165, 1.54) is 50.5 Å². The van der Waals surface area contributed by atoms with Crippen LogP contribution >= 0.6 is 0 Å². The third-order valence-electron chi connectivity index (χ3n) is 7.86. The average molecular weight is 300 g/mol. The maximum atomic E-state index is 11.6. The molecule has 22 heavy (non-hydrogen) atoms. The van der Waals surface area contributed by atoms with Gasteiger partial charge in [-0.25, -0.2) is 4.79 Å². The SMILES string of the molecule is C[C@]12CC[C@H]3[C@@H](CCC4CCCC[C@@]43C)C1=CC=C2C(=O)O. The van der Waals surface area contributed by atoms with Crippen LogP contribution in [0.15, 0.2) is 23.3 Å². The molecule has 4 aliphatic rings. The number of hydrogen-bond acceptors (Lipinski definition) is 1. The Morgan fingerprint density at radius 1 is 1.09 bits per heavy atom. The average Bonchev–Trinajstić information content (AvgIpc) is 2.84. The molecular weight excluding hydrogens is 272 g/mol. The lowest BCUT2D eigenvalue weighted by atomic mass is 9.46. The second-order valence-corrected chi connectivity index (χ2v) is 8.62. The molecule has 3 fully saturated rings. The molecule has 0 aliphatic heterocycles. The topological polar surface area (TPSA) is 37.3 Å². The summed E-state index contributed by atoms with van der Waals surface area (Å²) < 4.78 is 0. The van der Waals surface area contributed by atoms with E-state index in [0.717, 1.165) is 18.3 Å². The predicted octanol–water partition coefficient (Wildman–Crippen LogP) is 4.96. The van der Waals surface area contributed by atoms with Crippen LogP contribution < -0.4 is 0 Å². The molecule has 4 aliphatic carbocycles. The third kappa shape index (κ3) is 1.76. The van der Waals surface area contributed by atoms with Crippen LogP contribution in [-0.2, 0) is 4.79 Å². The summed E-state index contributed by atoms with van der Waals surface area (Å²) in [5.74, 6) is 1.61. The first-order chi connectivity index (χ1) is 10.5. The van der Waals surface area contributed by atoms with Crippen molar-refractivity contribution < 1.29 is 9.90 Å². The van der Waals surface area contributed by atoms with Gasteiger partial charge in [0.05, 0.1) is 0 Å². The molecule has 1 unspecified atom stereocenters. The molecule has 0 amide bonds. The maximum absolute atomic E-state index is 11.6. The number of carboxylic acids is 1. The molecule has 0 aromatic rings. The Hall–Kier alpha value is -1.05. The van der Waals surface area contributed by atoms with Crippen LogP contribution in [0, 0.1) is 28.6 Å². The minimum absolute atomic E-state index is 0.190. The van der Waals surface area contributed by atoms with Crippen molar-refractivity contribution in [3.63, 3.8) is 0 Å². The van der Waals surface area contributed by atoms with Crippen molar-refractivity contribution in [3.8, 4) is 0 Å². The van der Waals surface area contributed by atoms with E-state index in [9.17, 15) is 9.90 Å². The quantitative estimate of drug-likeness (QED) is 0.743. The molecule has 2 heteroatoms. The van der Waals surface area contributed by atoms with Gasteiger partial charge in [0.2, 0.25) is 0 Å². The summed E-state index contributed by atoms with van der Waals surface area (Å²) in [5, 5.41) is 9.55. The molecule has 1 N–H and O–H groups in total. The van der Waals surface area contributed by atoms with Gasteiger partial charge >= 0.3 is 5.97 Å². The fourth-order valence-corrected chi connectivity index (χ4v) is 6.60. The highest BCUT2D eigenvalue weighted by Crippen LogP contribution is 2.64. The minimum Gasteiger partial charge on any atom is -0.478 e. The number of hydrogen-bond donors (Lipinski definition) is 1. The predicted molar refractivity (Wildman–Crippen MR) is 87.4 cm³/mol. The van der Waals surface area contributed by atoms with Gasteiger partial charge in [-0.2, -0.15) is 0 Å². The Labute approximate surface area is 133 Å². The molecule has 0 aromatic heterocycles. The lowest BCUT2D eigenvalue weighted by Gasteiger charge is -2.58. The van der Waals surface area contributed by atoms with Crippen molar-refractivity contribution in [3.05, 3.63) is 23.3 Å². The number of fused-ring (bicyclic) bond motifs is 5. The van der Waals surface area contributed by atoms with Crippen molar-refractivity contribution in [1.82, 2.24) is 0 Å². The third-order valence-corrected chi connectivity index (χ3v) is 7.86. The highest BCUT2D eigenvalue weighted by Gasteiger charge is 2.56. The second-order valence-electron chi connectivity index (χ2n) is 8.62. The summed E-state index contributed by atoms with van der Waals surface area (Å²) in [6.45, 7) is 4.73. The Kier molecular flexibility index (Phi) is 3.12. The van der Waals surface area contributed by atoms with Gasteiger partial charge in [-0.1, -0.05) is 44.4 Å². The van der Waals surface area contributed by atoms with E-state index >= 15 is 0 Å². The molecule has 3 saturated carbocycles. The van der Waals surface area contributed by atoms with E-state index in [0.29, 0.717) is 16.9 Å². The van der Waals surface area contributed by atoms with Gasteiger partial charge in [0.25, 0.3) is 0 Å². The Morgan fingerprint density at radius 2 is 1.91 bits per heavy atom. The van der Waals surface area contributed by atoms with Crippen LogP contribution in [0.2, 0.25) is 0 Å². The van der Waals surface area contributed by atoms with Gasteiger partial charge in [-0.3, -0.25) is 0 Å². The van der Waals surface area contributed by atoms with E-state index in [1.807, 2.05) is 6.08 Å². The Balaban J connectivity index is 1.67. The number of rotatable bonds is 1. The molecule has 0 heterocycles.